The number of methoxy groups -OCH3 is 2. The number of anilines is 2. The maximum Gasteiger partial charge on any atom is 0.454 e. The lowest BCUT2D eigenvalue weighted by Crippen LogP contribution is -2.16. The molecule has 0 unspecified atom stereocenters. The molecule has 2 fully saturated rings. The van der Waals surface area contributed by atoms with Crippen LogP contribution >= 0.6 is 15.9 Å². The molecule has 0 bridgehead atoms. The highest BCUT2D eigenvalue weighted by Gasteiger charge is 2.33. The number of halogens is 1. The summed E-state index contributed by atoms with van der Waals surface area (Å²) >= 11 is 3.37. The van der Waals surface area contributed by atoms with Crippen LogP contribution in [0.5, 0.6) is 11.5 Å². The smallest absolute Gasteiger partial charge is 0.454 e. The Hall–Kier alpha value is -4.62. The summed E-state index contributed by atoms with van der Waals surface area (Å²) in [5, 5.41) is 25.6. The monoisotopic (exact) mass is 924 g/mol. The van der Waals surface area contributed by atoms with Crippen LogP contribution < -0.4 is 18.9 Å². The predicted molar refractivity (Wildman–Crippen MR) is 236 cm³/mol. The third kappa shape index (κ3) is 9.32. The molecule has 6 aromatic rings. The average Bonchev–Trinajstić information content (AvgIpc) is 4.20. The fourth-order valence-electron chi connectivity index (χ4n) is 7.66. The molecule has 18 heteroatoms. The lowest BCUT2D eigenvalue weighted by Gasteiger charge is -2.19. The summed E-state index contributed by atoms with van der Waals surface area (Å²) in [6, 6.07) is 18.3. The van der Waals surface area contributed by atoms with Gasteiger partial charge in [0.1, 0.15) is 21.3 Å². The molecule has 0 atom stereocenters. The summed E-state index contributed by atoms with van der Waals surface area (Å²) in [4.78, 5) is 0.261. The van der Waals surface area contributed by atoms with Crippen LogP contribution in [-0.4, -0.2) is 58.5 Å². The standard InChI is InChI=1S/C21H22N2O4S.C18H17BrN2O4S.C3H7BO2.2H2/c1-26-19-11-14-4-2-3-5-15(14)12-20(19)28(24,25)23-21-17-10-16(13-6-7-13)8-9-18(17)27-22-21;1-24-16-8-11-4-2-3-5-12(11)9-17(16)26(22,23)21-18-14-10-13(19)6-7-15(14)25-20-18;5-4(6)3-1-2-3;;/h8-13H,2-7H2,1H3,(H,22,23);6-10H,2-5H2,1H3,(H,20,21);3,5-6H,1-2H2;2*1H. The van der Waals surface area contributed by atoms with Crippen molar-refractivity contribution in [1.82, 2.24) is 10.3 Å². The van der Waals surface area contributed by atoms with E-state index in [4.69, 9.17) is 28.6 Å². The minimum atomic E-state index is -3.88. The predicted octanol–water partition coefficient (Wildman–Crippen LogP) is 8.79. The van der Waals surface area contributed by atoms with Crippen LogP contribution in [0.15, 0.2) is 84.0 Å². The summed E-state index contributed by atoms with van der Waals surface area (Å²) in [5.41, 5.74) is 6.73. The first kappa shape index (κ1) is 42.1. The molecule has 2 saturated carbocycles. The molecular weight excluding hydrogens is 875 g/mol. The third-order valence-corrected chi connectivity index (χ3v) is 14.5. The van der Waals surface area contributed by atoms with Crippen molar-refractivity contribution in [3.05, 3.63) is 93.0 Å². The average molecular weight is 926 g/mol. The number of ether oxygens (including phenoxy) is 2. The van der Waals surface area contributed by atoms with Crippen LogP contribution in [0.2, 0.25) is 5.82 Å². The third-order valence-electron chi connectivity index (χ3n) is 11.3. The summed E-state index contributed by atoms with van der Waals surface area (Å²) < 4.78 is 79.6. The summed E-state index contributed by atoms with van der Waals surface area (Å²) in [5.74, 6) is 1.85. The van der Waals surface area contributed by atoms with Crippen LogP contribution in [0.25, 0.3) is 21.9 Å². The number of sulfonamides is 2. The van der Waals surface area contributed by atoms with Gasteiger partial charge in [-0.1, -0.05) is 45.2 Å². The highest BCUT2D eigenvalue weighted by molar-refractivity contribution is 9.10. The molecule has 320 valence electrons. The lowest BCUT2D eigenvalue weighted by atomic mass is 9.84. The minimum Gasteiger partial charge on any atom is -0.495 e. The van der Waals surface area contributed by atoms with Crippen molar-refractivity contribution in [2.24, 2.45) is 0 Å². The summed E-state index contributed by atoms with van der Waals surface area (Å²) in [6.07, 6.45) is 12.4. The zero-order chi connectivity index (χ0) is 42.2. The number of rotatable bonds is 10. The normalized spacial score (nSPS) is 16.1. The number of hydrogen-bond acceptors (Lipinski definition) is 12. The Morgan fingerprint density at radius 2 is 1.12 bits per heavy atom. The summed E-state index contributed by atoms with van der Waals surface area (Å²) in [6.45, 7) is 0. The molecular formula is C42H50BBrN4O10S2. The quantitative estimate of drug-likeness (QED) is 0.0953. The molecule has 0 radical (unpaired) electrons. The fourth-order valence-corrected chi connectivity index (χ4v) is 10.5. The molecule has 4 aliphatic rings. The van der Waals surface area contributed by atoms with Crippen LogP contribution in [0.1, 0.15) is 88.0 Å². The van der Waals surface area contributed by atoms with Gasteiger partial charge in [0.15, 0.2) is 22.8 Å². The van der Waals surface area contributed by atoms with E-state index in [0.29, 0.717) is 39.4 Å². The molecule has 2 heterocycles. The Labute approximate surface area is 360 Å². The lowest BCUT2D eigenvalue weighted by molar-refractivity contribution is 0.401. The van der Waals surface area contributed by atoms with E-state index >= 15 is 0 Å². The zero-order valence-corrected chi connectivity index (χ0v) is 36.5. The Kier molecular flexibility index (Phi) is 12.2. The second kappa shape index (κ2) is 17.4. The van der Waals surface area contributed by atoms with E-state index in [1.165, 1.54) is 38.2 Å². The SMILES string of the molecule is COc1cc2c(cc1S(=O)(=O)Nc1noc3ccc(Br)cc13)CCCC2.COc1cc2c(cc1S(=O)(=O)Nc1noc3ccc(C4CC4)cc13)CCCC2.OB(O)C1CC1.[HH].[HH]. The van der Waals surface area contributed by atoms with E-state index in [1.807, 2.05) is 30.3 Å². The molecule has 60 heavy (non-hydrogen) atoms. The fraction of sp³-hybridized carbons (Fsp3) is 0.381. The van der Waals surface area contributed by atoms with Gasteiger partial charge >= 0.3 is 7.12 Å². The van der Waals surface area contributed by atoms with Gasteiger partial charge in [-0.2, -0.15) is 0 Å². The Morgan fingerprint density at radius 1 is 0.667 bits per heavy atom. The number of benzene rings is 4. The van der Waals surface area contributed by atoms with E-state index in [9.17, 15) is 16.8 Å². The van der Waals surface area contributed by atoms with Gasteiger partial charge in [-0.05, 0) is 158 Å². The molecule has 2 aromatic heterocycles. The van der Waals surface area contributed by atoms with Crippen molar-refractivity contribution >= 4 is 76.7 Å². The number of nitrogens with one attached hydrogen (secondary N) is 2. The van der Waals surface area contributed by atoms with Crippen molar-refractivity contribution in [3.63, 3.8) is 0 Å². The van der Waals surface area contributed by atoms with Gasteiger partial charge in [0.2, 0.25) is 0 Å². The number of hydrogen-bond donors (Lipinski definition) is 4. The van der Waals surface area contributed by atoms with E-state index in [2.05, 4.69) is 35.7 Å². The highest BCUT2D eigenvalue weighted by Crippen LogP contribution is 2.42. The molecule has 14 nitrogen and oxygen atoms in total. The van der Waals surface area contributed by atoms with Gasteiger partial charge in [-0.25, -0.2) is 16.8 Å². The molecule has 0 amide bonds. The van der Waals surface area contributed by atoms with Gasteiger partial charge in [-0.15, -0.1) is 0 Å². The zero-order valence-electron chi connectivity index (χ0n) is 33.2. The van der Waals surface area contributed by atoms with Crippen LogP contribution in [0.3, 0.4) is 0 Å². The van der Waals surface area contributed by atoms with Gasteiger partial charge in [0.25, 0.3) is 20.0 Å². The van der Waals surface area contributed by atoms with E-state index < -0.39 is 27.2 Å². The highest BCUT2D eigenvalue weighted by atomic mass is 79.9. The Morgan fingerprint density at radius 3 is 1.53 bits per heavy atom. The molecule has 0 saturated heterocycles. The van der Waals surface area contributed by atoms with Crippen molar-refractivity contribution in [1.29, 1.82) is 0 Å². The van der Waals surface area contributed by atoms with Crippen molar-refractivity contribution in [2.45, 2.75) is 98.6 Å². The number of aryl methyl sites for hydroxylation is 4. The molecule has 4 aromatic carbocycles. The molecule has 0 spiro atoms. The maximum absolute atomic E-state index is 13.2. The van der Waals surface area contributed by atoms with Crippen molar-refractivity contribution < 1.29 is 48.3 Å². The molecule has 4 N–H and O–H groups in total. The van der Waals surface area contributed by atoms with Gasteiger partial charge in [-0.3, -0.25) is 9.44 Å². The van der Waals surface area contributed by atoms with Crippen LogP contribution in [0.4, 0.5) is 11.6 Å². The topological polar surface area (TPSA) is 203 Å². The minimum absolute atomic E-state index is 0. The van der Waals surface area contributed by atoms with Gasteiger partial charge in [0.05, 0.1) is 25.0 Å². The van der Waals surface area contributed by atoms with Crippen LogP contribution in [-0.2, 0) is 45.7 Å². The van der Waals surface area contributed by atoms with Gasteiger partial charge in [0, 0.05) is 7.33 Å². The first-order valence-corrected chi connectivity index (χ1v) is 23.8. The van der Waals surface area contributed by atoms with Crippen molar-refractivity contribution in [3.8, 4) is 11.5 Å². The second-order valence-corrected chi connectivity index (χ2v) is 19.9. The molecule has 10 rings (SSSR count). The number of aromatic nitrogens is 2. The van der Waals surface area contributed by atoms with E-state index in [-0.39, 0.29) is 30.1 Å². The van der Waals surface area contributed by atoms with Gasteiger partial charge < -0.3 is 28.6 Å². The Bertz CT molecular complexity index is 2780. The van der Waals surface area contributed by atoms with Crippen LogP contribution in [0, 0.1) is 0 Å². The maximum atomic E-state index is 13.2. The molecule has 4 aliphatic carbocycles. The number of nitrogens with zero attached hydrogens (tertiary/aromatic N) is 2. The number of fused-ring (bicyclic) bond motifs is 4. The second-order valence-electron chi connectivity index (χ2n) is 15.7. The first-order chi connectivity index (χ1) is 28.8. The summed E-state index contributed by atoms with van der Waals surface area (Å²) in [7, 11) is -5.80. The largest absolute Gasteiger partial charge is 0.495 e. The van der Waals surface area contributed by atoms with Crippen molar-refractivity contribution in [2.75, 3.05) is 23.7 Å². The molecule has 0 aliphatic heterocycles. The van der Waals surface area contributed by atoms with E-state index in [1.54, 1.807) is 30.3 Å². The Balaban J connectivity index is 0.000000177. The van der Waals surface area contributed by atoms with E-state index in [0.717, 1.165) is 85.4 Å². The first-order valence-electron chi connectivity index (χ1n) is 20.1.